The fourth-order valence-corrected chi connectivity index (χ4v) is 2.60. The lowest BCUT2D eigenvalue weighted by Gasteiger charge is -2.43. The van der Waals surface area contributed by atoms with Gasteiger partial charge in [-0.15, -0.1) is 0 Å². The van der Waals surface area contributed by atoms with Crippen molar-refractivity contribution in [3.8, 4) is 0 Å². The molecule has 1 aromatic carbocycles. The molecule has 1 aliphatic rings. The number of hydrogen-bond donors (Lipinski definition) is 1. The zero-order valence-corrected chi connectivity index (χ0v) is 10.5. The van der Waals surface area contributed by atoms with E-state index in [0.29, 0.717) is 12.8 Å². The molecule has 0 atom stereocenters. The van der Waals surface area contributed by atoms with Gasteiger partial charge < -0.3 is 9.84 Å². The van der Waals surface area contributed by atoms with Gasteiger partial charge in [0.2, 0.25) is 0 Å². The predicted octanol–water partition coefficient (Wildman–Crippen LogP) is 2.58. The van der Waals surface area contributed by atoms with Crippen molar-refractivity contribution >= 4 is 21.9 Å². The van der Waals surface area contributed by atoms with Crippen LogP contribution < -0.4 is 0 Å². The molecule has 86 valence electrons. The summed E-state index contributed by atoms with van der Waals surface area (Å²) in [6, 6.07) is 7.50. The van der Waals surface area contributed by atoms with E-state index in [1.807, 2.05) is 24.3 Å². The summed E-state index contributed by atoms with van der Waals surface area (Å²) in [6.07, 6.45) is 1.17. The molecule has 0 radical (unpaired) electrons. The maximum absolute atomic E-state index is 11.4. The lowest BCUT2D eigenvalue weighted by molar-refractivity contribution is -0.154. The molecule has 0 heterocycles. The Labute approximate surface area is 103 Å². The maximum Gasteiger partial charge on any atom is 0.314 e. The van der Waals surface area contributed by atoms with Gasteiger partial charge >= 0.3 is 5.97 Å². The van der Waals surface area contributed by atoms with Crippen molar-refractivity contribution in [2.45, 2.75) is 24.4 Å². The van der Waals surface area contributed by atoms with Crippen LogP contribution in [0, 0.1) is 0 Å². The van der Waals surface area contributed by atoms with E-state index >= 15 is 0 Å². The number of halogens is 1. The summed E-state index contributed by atoms with van der Waals surface area (Å²) < 4.78 is 6.08. The monoisotopic (exact) mass is 284 g/mol. The fraction of sp³-hybridized carbons (Fsp3) is 0.417. The minimum absolute atomic E-state index is 0.0649. The van der Waals surface area contributed by atoms with Gasteiger partial charge in [-0.05, 0) is 30.5 Å². The van der Waals surface area contributed by atoms with Crippen LogP contribution >= 0.6 is 15.9 Å². The van der Waals surface area contributed by atoms with E-state index in [1.54, 1.807) is 7.11 Å². The molecule has 1 aromatic rings. The van der Waals surface area contributed by atoms with Crippen LogP contribution in [0.25, 0.3) is 0 Å². The largest absolute Gasteiger partial charge is 0.481 e. The van der Waals surface area contributed by atoms with Crippen molar-refractivity contribution in [1.29, 1.82) is 0 Å². The Balaban J connectivity index is 2.32. The van der Waals surface area contributed by atoms with Crippen LogP contribution in [0.15, 0.2) is 28.7 Å². The van der Waals surface area contributed by atoms with E-state index in [1.165, 1.54) is 0 Å². The highest BCUT2D eigenvalue weighted by atomic mass is 79.9. The SMILES string of the molecule is CO[C@H]1C[C@@](C(=O)O)(c2cccc(Br)c2)C1. The van der Waals surface area contributed by atoms with Crippen molar-refractivity contribution in [2.24, 2.45) is 0 Å². The molecule has 0 aliphatic heterocycles. The van der Waals surface area contributed by atoms with Crippen LogP contribution in [0.4, 0.5) is 0 Å². The van der Waals surface area contributed by atoms with E-state index in [9.17, 15) is 9.90 Å². The van der Waals surface area contributed by atoms with Gasteiger partial charge in [-0.1, -0.05) is 28.1 Å². The van der Waals surface area contributed by atoms with Gasteiger partial charge in [0, 0.05) is 11.6 Å². The van der Waals surface area contributed by atoms with Crippen LogP contribution in [-0.2, 0) is 14.9 Å². The van der Waals surface area contributed by atoms with Crippen LogP contribution in [0.1, 0.15) is 18.4 Å². The number of carbonyl (C=O) groups is 1. The van der Waals surface area contributed by atoms with E-state index in [4.69, 9.17) is 4.74 Å². The predicted molar refractivity (Wildman–Crippen MR) is 63.5 cm³/mol. The number of aliphatic carboxylic acids is 1. The van der Waals surface area contributed by atoms with Crippen molar-refractivity contribution in [2.75, 3.05) is 7.11 Å². The summed E-state index contributed by atoms with van der Waals surface area (Å²) in [7, 11) is 1.62. The molecule has 0 unspecified atom stereocenters. The Morgan fingerprint density at radius 2 is 2.25 bits per heavy atom. The molecule has 0 spiro atoms. The minimum atomic E-state index is -0.765. The third kappa shape index (κ3) is 1.76. The third-order valence-electron chi connectivity index (χ3n) is 3.27. The minimum Gasteiger partial charge on any atom is -0.481 e. The van der Waals surface area contributed by atoms with Gasteiger partial charge in [0.25, 0.3) is 0 Å². The van der Waals surface area contributed by atoms with Crippen molar-refractivity contribution < 1.29 is 14.6 Å². The summed E-state index contributed by atoms with van der Waals surface area (Å²) >= 11 is 3.37. The zero-order valence-electron chi connectivity index (χ0n) is 8.94. The molecule has 4 heteroatoms. The lowest BCUT2D eigenvalue weighted by atomic mass is 9.62. The third-order valence-corrected chi connectivity index (χ3v) is 3.77. The van der Waals surface area contributed by atoms with Gasteiger partial charge in [-0.2, -0.15) is 0 Å². The summed E-state index contributed by atoms with van der Waals surface area (Å²) in [5.74, 6) is -0.765. The van der Waals surface area contributed by atoms with Gasteiger partial charge in [0.05, 0.1) is 11.5 Å². The zero-order chi connectivity index (χ0) is 11.8. The number of ether oxygens (including phenoxy) is 1. The van der Waals surface area contributed by atoms with Crippen LogP contribution in [0.3, 0.4) is 0 Å². The van der Waals surface area contributed by atoms with Crippen molar-refractivity contribution in [1.82, 2.24) is 0 Å². The number of carboxylic acids is 1. The summed E-state index contributed by atoms with van der Waals surface area (Å²) in [6.45, 7) is 0. The van der Waals surface area contributed by atoms with Crippen LogP contribution in [0.2, 0.25) is 0 Å². The first-order valence-electron chi connectivity index (χ1n) is 5.11. The average molecular weight is 285 g/mol. The first kappa shape index (κ1) is 11.6. The van der Waals surface area contributed by atoms with Crippen molar-refractivity contribution in [3.05, 3.63) is 34.3 Å². The Morgan fingerprint density at radius 3 is 2.75 bits per heavy atom. The number of methoxy groups -OCH3 is 1. The molecule has 1 fully saturated rings. The number of hydrogen-bond acceptors (Lipinski definition) is 2. The molecule has 1 aliphatic carbocycles. The molecule has 3 nitrogen and oxygen atoms in total. The second kappa shape index (κ2) is 4.18. The highest BCUT2D eigenvalue weighted by Crippen LogP contribution is 2.45. The van der Waals surface area contributed by atoms with E-state index in [0.717, 1.165) is 10.0 Å². The molecule has 1 saturated carbocycles. The molecule has 1 N–H and O–H groups in total. The second-order valence-corrected chi connectivity index (χ2v) is 5.08. The highest BCUT2D eigenvalue weighted by Gasteiger charge is 2.52. The Hall–Kier alpha value is -0.870. The van der Waals surface area contributed by atoms with Gasteiger partial charge in [-0.3, -0.25) is 4.79 Å². The second-order valence-electron chi connectivity index (χ2n) is 4.16. The fourth-order valence-electron chi connectivity index (χ4n) is 2.20. The molecule has 2 rings (SSSR count). The van der Waals surface area contributed by atoms with Gasteiger partial charge in [-0.25, -0.2) is 0 Å². The molecule has 0 aromatic heterocycles. The summed E-state index contributed by atoms with van der Waals surface area (Å²) in [5.41, 5.74) is 0.0902. The topological polar surface area (TPSA) is 46.5 Å². The van der Waals surface area contributed by atoms with E-state index in [-0.39, 0.29) is 6.10 Å². The van der Waals surface area contributed by atoms with E-state index < -0.39 is 11.4 Å². The van der Waals surface area contributed by atoms with E-state index in [2.05, 4.69) is 15.9 Å². The first-order chi connectivity index (χ1) is 7.58. The smallest absolute Gasteiger partial charge is 0.314 e. The van der Waals surface area contributed by atoms with Crippen LogP contribution in [0.5, 0.6) is 0 Å². The standard InChI is InChI=1S/C12H13BrO3/c1-16-10-6-12(7-10,11(14)15)8-3-2-4-9(13)5-8/h2-5,10H,6-7H2,1H3,(H,14,15)/t10-,12-. The van der Waals surface area contributed by atoms with Gasteiger partial charge in [0.1, 0.15) is 0 Å². The van der Waals surface area contributed by atoms with Gasteiger partial charge in [0.15, 0.2) is 0 Å². The number of carboxylic acid groups (broad SMARTS) is 1. The Kier molecular flexibility index (Phi) is 3.04. The highest BCUT2D eigenvalue weighted by molar-refractivity contribution is 9.10. The molecule has 0 bridgehead atoms. The van der Waals surface area contributed by atoms with Crippen LogP contribution in [-0.4, -0.2) is 24.3 Å². The molecular formula is C12H13BrO3. The molecule has 16 heavy (non-hydrogen) atoms. The Morgan fingerprint density at radius 1 is 1.56 bits per heavy atom. The molecule has 0 saturated heterocycles. The Bertz CT molecular complexity index is 410. The number of rotatable bonds is 3. The normalized spacial score (nSPS) is 28.5. The summed E-state index contributed by atoms with van der Waals surface area (Å²) in [4.78, 5) is 11.4. The molecular weight excluding hydrogens is 272 g/mol. The first-order valence-corrected chi connectivity index (χ1v) is 5.90. The quantitative estimate of drug-likeness (QED) is 0.928. The summed E-state index contributed by atoms with van der Waals surface area (Å²) in [5, 5.41) is 9.37. The molecule has 0 amide bonds. The average Bonchev–Trinajstić information content (AvgIpc) is 2.16. The van der Waals surface area contributed by atoms with Crippen molar-refractivity contribution in [3.63, 3.8) is 0 Å². The number of benzene rings is 1. The maximum atomic E-state index is 11.4. The lowest BCUT2D eigenvalue weighted by Crippen LogP contribution is -2.51.